The number of amides is 1. The number of carbonyl (C=O) groups excluding carboxylic acids is 1. The Morgan fingerprint density at radius 1 is 1.06 bits per heavy atom. The molecule has 1 amide bonds. The van der Waals surface area contributed by atoms with E-state index in [1.165, 1.54) is 12.1 Å². The summed E-state index contributed by atoms with van der Waals surface area (Å²) >= 11 is 0. The fraction of sp³-hybridized carbons (Fsp3) is 0.300. The Kier molecular flexibility index (Phi) is 8.18. The molecule has 0 spiro atoms. The number of hydrogen-bond donors (Lipinski definition) is 2. The van der Waals surface area contributed by atoms with Gasteiger partial charge in [-0.1, -0.05) is 42.5 Å². The fourth-order valence-corrected chi connectivity index (χ4v) is 5.01. The van der Waals surface area contributed by atoms with Gasteiger partial charge in [-0.05, 0) is 66.9 Å². The number of benzene rings is 3. The highest BCUT2D eigenvalue weighted by Crippen LogP contribution is 2.34. The van der Waals surface area contributed by atoms with Gasteiger partial charge in [0.25, 0.3) is 5.91 Å². The van der Waals surface area contributed by atoms with Crippen molar-refractivity contribution in [2.24, 2.45) is 0 Å². The van der Waals surface area contributed by atoms with Crippen LogP contribution in [0.15, 0.2) is 85.5 Å². The van der Waals surface area contributed by atoms with E-state index < -0.39 is 0 Å². The van der Waals surface area contributed by atoms with Crippen LogP contribution in [0.4, 0.5) is 4.39 Å². The molecule has 0 bridgehead atoms. The molecule has 3 atom stereocenters. The van der Waals surface area contributed by atoms with Crippen molar-refractivity contribution >= 4 is 5.91 Å². The summed E-state index contributed by atoms with van der Waals surface area (Å²) in [7, 11) is 0. The maximum absolute atomic E-state index is 13.2. The van der Waals surface area contributed by atoms with Crippen LogP contribution in [0.2, 0.25) is 0 Å². The van der Waals surface area contributed by atoms with E-state index in [0.717, 1.165) is 36.3 Å². The first kappa shape index (κ1) is 25.6. The van der Waals surface area contributed by atoms with Crippen molar-refractivity contribution in [1.82, 2.24) is 15.1 Å². The number of halogens is 1. The maximum Gasteiger partial charge on any atom is 0.251 e. The minimum atomic E-state index is -0.301. The van der Waals surface area contributed by atoms with Crippen molar-refractivity contribution in [1.29, 1.82) is 0 Å². The largest absolute Gasteiger partial charge is 0.508 e. The summed E-state index contributed by atoms with van der Waals surface area (Å²) < 4.78 is 13.2. The van der Waals surface area contributed by atoms with Crippen LogP contribution in [0.25, 0.3) is 0 Å². The number of aromatic hydroxyl groups is 1. The lowest BCUT2D eigenvalue weighted by Gasteiger charge is -2.47. The first-order valence-electron chi connectivity index (χ1n) is 12.4. The van der Waals surface area contributed by atoms with Crippen LogP contribution in [-0.2, 0) is 6.54 Å². The molecule has 1 heterocycles. The van der Waals surface area contributed by atoms with Crippen molar-refractivity contribution in [2.45, 2.75) is 38.5 Å². The molecular weight excluding hydrogens is 453 g/mol. The van der Waals surface area contributed by atoms with Crippen LogP contribution >= 0.6 is 0 Å². The summed E-state index contributed by atoms with van der Waals surface area (Å²) in [5, 5.41) is 13.2. The second kappa shape index (κ2) is 11.5. The first-order valence-corrected chi connectivity index (χ1v) is 12.4. The number of hydrogen-bond acceptors (Lipinski definition) is 4. The summed E-state index contributed by atoms with van der Waals surface area (Å²) in [6.07, 6.45) is 1.94. The normalized spacial score (nSPS) is 19.5. The molecule has 1 aliphatic heterocycles. The third-order valence-corrected chi connectivity index (χ3v) is 6.88. The monoisotopic (exact) mass is 487 g/mol. The Hall–Kier alpha value is -3.48. The molecule has 0 radical (unpaired) electrons. The van der Waals surface area contributed by atoms with Crippen molar-refractivity contribution in [3.8, 4) is 5.75 Å². The van der Waals surface area contributed by atoms with Crippen LogP contribution in [0, 0.1) is 5.82 Å². The van der Waals surface area contributed by atoms with E-state index in [1.807, 2.05) is 36.4 Å². The highest BCUT2D eigenvalue weighted by atomic mass is 19.1. The number of carbonyl (C=O) groups is 1. The van der Waals surface area contributed by atoms with Gasteiger partial charge in [0.2, 0.25) is 0 Å². The Morgan fingerprint density at radius 2 is 1.75 bits per heavy atom. The number of nitrogens with one attached hydrogen (secondary N) is 1. The van der Waals surface area contributed by atoms with Gasteiger partial charge in [0, 0.05) is 43.8 Å². The highest BCUT2D eigenvalue weighted by molar-refractivity contribution is 5.94. The first-order chi connectivity index (χ1) is 17.4. The average molecular weight is 488 g/mol. The highest BCUT2D eigenvalue weighted by Gasteiger charge is 2.34. The lowest BCUT2D eigenvalue weighted by molar-refractivity contribution is 0.0306. The molecular formula is C30H34FN3O2. The van der Waals surface area contributed by atoms with E-state index >= 15 is 0 Å². The van der Waals surface area contributed by atoms with Crippen molar-refractivity contribution in [2.75, 3.05) is 19.6 Å². The maximum atomic E-state index is 13.2. The van der Waals surface area contributed by atoms with Crippen LogP contribution < -0.4 is 5.32 Å². The third kappa shape index (κ3) is 6.01. The van der Waals surface area contributed by atoms with Gasteiger partial charge < -0.3 is 10.4 Å². The Bertz CT molecular complexity index is 1200. The molecule has 188 valence electrons. The second-order valence-corrected chi connectivity index (χ2v) is 9.57. The fourth-order valence-electron chi connectivity index (χ4n) is 5.01. The van der Waals surface area contributed by atoms with E-state index in [-0.39, 0.29) is 29.6 Å². The van der Waals surface area contributed by atoms with Crippen molar-refractivity contribution < 1.29 is 14.3 Å². The van der Waals surface area contributed by atoms with E-state index in [4.69, 9.17) is 0 Å². The molecule has 3 unspecified atom stereocenters. The van der Waals surface area contributed by atoms with Crippen LogP contribution in [-0.4, -0.2) is 52.5 Å². The predicted octanol–water partition coefficient (Wildman–Crippen LogP) is 5.13. The van der Waals surface area contributed by atoms with Crippen molar-refractivity contribution in [3.63, 3.8) is 0 Å². The summed E-state index contributed by atoms with van der Waals surface area (Å²) in [6, 6.07) is 21.6. The molecule has 36 heavy (non-hydrogen) atoms. The molecule has 1 aliphatic rings. The van der Waals surface area contributed by atoms with Gasteiger partial charge in [-0.15, -0.1) is 6.58 Å². The van der Waals surface area contributed by atoms with Gasteiger partial charge >= 0.3 is 0 Å². The molecule has 2 N–H and O–H groups in total. The van der Waals surface area contributed by atoms with Gasteiger partial charge in [-0.2, -0.15) is 0 Å². The lowest BCUT2D eigenvalue weighted by Crippen LogP contribution is -2.57. The number of piperazine rings is 1. The van der Waals surface area contributed by atoms with Gasteiger partial charge in [0.05, 0.1) is 6.04 Å². The summed E-state index contributed by atoms with van der Waals surface area (Å²) in [4.78, 5) is 17.9. The zero-order valence-electron chi connectivity index (χ0n) is 20.9. The molecule has 5 nitrogen and oxygen atoms in total. The van der Waals surface area contributed by atoms with E-state index in [1.54, 1.807) is 30.3 Å². The number of rotatable bonds is 8. The predicted molar refractivity (Wildman–Crippen MR) is 141 cm³/mol. The molecule has 1 saturated heterocycles. The minimum absolute atomic E-state index is 0.120. The molecule has 0 aliphatic carbocycles. The summed E-state index contributed by atoms with van der Waals surface area (Å²) in [6.45, 7) is 11.3. The summed E-state index contributed by atoms with van der Waals surface area (Å²) in [5.74, 6) is -0.269. The average Bonchev–Trinajstić information content (AvgIpc) is 2.87. The van der Waals surface area contributed by atoms with Gasteiger partial charge in [-0.25, -0.2) is 4.39 Å². The van der Waals surface area contributed by atoms with Gasteiger partial charge in [0.15, 0.2) is 0 Å². The van der Waals surface area contributed by atoms with Gasteiger partial charge in [-0.3, -0.25) is 14.6 Å². The second-order valence-electron chi connectivity index (χ2n) is 9.57. The standard InChI is InChI=1S/C30H34FN3O2/c1-4-15-33-19-22(3)34(20-21(33)2)29(25-8-6-10-28(35)17-25)24-7-5-9-26(16-24)30(36)32-18-23-11-13-27(31)14-12-23/h4-14,16-17,21-22,29,35H,1,15,18-20H2,2-3H3,(H,32,36). The molecule has 0 aromatic heterocycles. The molecule has 1 fully saturated rings. The Balaban J connectivity index is 1.61. The quantitative estimate of drug-likeness (QED) is 0.433. The molecule has 3 aromatic carbocycles. The zero-order valence-corrected chi connectivity index (χ0v) is 20.9. The third-order valence-electron chi connectivity index (χ3n) is 6.88. The smallest absolute Gasteiger partial charge is 0.251 e. The molecule has 0 saturated carbocycles. The van der Waals surface area contributed by atoms with E-state index in [9.17, 15) is 14.3 Å². The van der Waals surface area contributed by atoms with Crippen LogP contribution in [0.3, 0.4) is 0 Å². The molecule has 4 rings (SSSR count). The Morgan fingerprint density at radius 3 is 2.44 bits per heavy atom. The Labute approximate surface area is 212 Å². The van der Waals surface area contributed by atoms with Crippen LogP contribution in [0.5, 0.6) is 5.75 Å². The van der Waals surface area contributed by atoms with E-state index in [2.05, 4.69) is 35.5 Å². The van der Waals surface area contributed by atoms with Crippen LogP contribution in [0.1, 0.15) is 46.9 Å². The zero-order chi connectivity index (χ0) is 25.7. The topological polar surface area (TPSA) is 55.8 Å². The van der Waals surface area contributed by atoms with Crippen molar-refractivity contribution in [3.05, 3.63) is 114 Å². The lowest BCUT2D eigenvalue weighted by atomic mass is 9.92. The summed E-state index contributed by atoms with van der Waals surface area (Å²) in [5.41, 5.74) is 3.37. The number of nitrogens with zero attached hydrogens (tertiary/aromatic N) is 2. The van der Waals surface area contributed by atoms with E-state index in [0.29, 0.717) is 18.2 Å². The molecule has 6 heteroatoms. The number of phenolic OH excluding ortho intramolecular Hbond substituents is 1. The SMILES string of the molecule is C=CCN1CC(C)N(C(c2cccc(O)c2)c2cccc(C(=O)NCc3ccc(F)cc3)c2)CC1C. The van der Waals surface area contributed by atoms with Gasteiger partial charge in [0.1, 0.15) is 11.6 Å². The molecule has 3 aromatic rings. The number of phenols is 1. The minimum Gasteiger partial charge on any atom is -0.508 e.